The average Bonchev–Trinajstić information content (AvgIpc) is 2.21. The first-order chi connectivity index (χ1) is 8.32. The smallest absolute Gasteiger partial charge is 0.323 e. The van der Waals surface area contributed by atoms with Gasteiger partial charge in [-0.1, -0.05) is 0 Å². The van der Waals surface area contributed by atoms with E-state index >= 15 is 0 Å². The third-order valence-electron chi connectivity index (χ3n) is 1.79. The van der Waals surface area contributed by atoms with E-state index in [1.807, 2.05) is 13.8 Å². The van der Waals surface area contributed by atoms with Gasteiger partial charge in [0.05, 0.1) is 12.7 Å². The minimum absolute atomic E-state index is 0.0441. The Morgan fingerprint density at radius 1 is 1.33 bits per heavy atom. The summed E-state index contributed by atoms with van der Waals surface area (Å²) < 4.78 is 5.19. The number of carboxylic acids is 1. The number of carbonyl (C=O) groups excluding carboxylic acids is 2. The number of hydrogen-bond donors (Lipinski definition) is 3. The lowest BCUT2D eigenvalue weighted by molar-refractivity contribution is -0.137. The molecule has 0 aromatic heterocycles. The van der Waals surface area contributed by atoms with Gasteiger partial charge in [-0.2, -0.15) is 0 Å². The zero-order valence-electron chi connectivity index (χ0n) is 10.5. The number of nitrogens with two attached hydrogens (primary N) is 1. The van der Waals surface area contributed by atoms with Crippen LogP contribution < -0.4 is 11.1 Å². The maximum Gasteiger partial charge on any atom is 0.323 e. The number of carboxylic acid groups (broad SMARTS) is 1. The Balaban J connectivity index is 4.12. The molecule has 0 saturated heterocycles. The molecule has 0 heterocycles. The number of nitrogens with zero attached hydrogens (tertiary/aromatic N) is 1. The summed E-state index contributed by atoms with van der Waals surface area (Å²) in [5, 5.41) is 11.0. The molecular formula is C10H19N3O5. The number of aliphatic carboxylic acids is 1. The van der Waals surface area contributed by atoms with E-state index in [2.05, 4.69) is 5.32 Å². The second-order valence-electron chi connectivity index (χ2n) is 3.87. The zero-order valence-corrected chi connectivity index (χ0v) is 10.5. The van der Waals surface area contributed by atoms with Crippen LogP contribution in [0.15, 0.2) is 0 Å². The van der Waals surface area contributed by atoms with E-state index in [9.17, 15) is 14.4 Å². The van der Waals surface area contributed by atoms with Crippen molar-refractivity contribution in [3.8, 4) is 0 Å². The van der Waals surface area contributed by atoms with Gasteiger partial charge in [0.2, 0.25) is 5.91 Å². The van der Waals surface area contributed by atoms with Crippen molar-refractivity contribution in [2.45, 2.75) is 20.0 Å². The second kappa shape index (κ2) is 8.29. The highest BCUT2D eigenvalue weighted by Gasteiger charge is 2.18. The Bertz CT molecular complexity index is 290. The molecule has 104 valence electrons. The average molecular weight is 261 g/mol. The molecule has 0 aromatic rings. The van der Waals surface area contributed by atoms with Crippen LogP contribution in [0.1, 0.15) is 13.8 Å². The molecule has 4 N–H and O–H groups in total. The summed E-state index contributed by atoms with van der Waals surface area (Å²) in [5.41, 5.74) is 4.92. The van der Waals surface area contributed by atoms with Crippen LogP contribution in [0, 0.1) is 0 Å². The van der Waals surface area contributed by atoms with E-state index in [0.717, 1.165) is 4.90 Å². The molecule has 0 atom stereocenters. The van der Waals surface area contributed by atoms with E-state index in [1.165, 1.54) is 0 Å². The topological polar surface area (TPSA) is 122 Å². The highest BCUT2D eigenvalue weighted by atomic mass is 16.5. The number of urea groups is 1. The number of carbonyl (C=O) groups is 3. The quantitative estimate of drug-likeness (QED) is 0.483. The molecule has 0 aliphatic carbocycles. The van der Waals surface area contributed by atoms with Crippen LogP contribution in [-0.4, -0.2) is 60.3 Å². The lowest BCUT2D eigenvalue weighted by Crippen LogP contribution is -2.47. The van der Waals surface area contributed by atoms with E-state index in [-0.39, 0.29) is 12.6 Å². The lowest BCUT2D eigenvalue weighted by atomic mass is 10.4. The highest BCUT2D eigenvalue weighted by molar-refractivity contribution is 5.85. The predicted molar refractivity (Wildman–Crippen MR) is 62.9 cm³/mol. The van der Waals surface area contributed by atoms with E-state index in [1.54, 1.807) is 0 Å². The molecule has 0 spiro atoms. The Labute approximate surface area is 105 Å². The first-order valence-corrected chi connectivity index (χ1v) is 5.47. The third kappa shape index (κ3) is 8.34. The molecule has 0 aliphatic rings. The second-order valence-corrected chi connectivity index (χ2v) is 3.87. The fourth-order valence-electron chi connectivity index (χ4n) is 1.12. The Morgan fingerprint density at radius 2 is 1.94 bits per heavy atom. The van der Waals surface area contributed by atoms with Crippen molar-refractivity contribution in [3.05, 3.63) is 0 Å². The van der Waals surface area contributed by atoms with Crippen molar-refractivity contribution in [2.75, 3.05) is 26.2 Å². The molecule has 0 aromatic carbocycles. The molecule has 0 radical (unpaired) electrons. The maximum atomic E-state index is 11.5. The molecule has 0 fully saturated rings. The van der Waals surface area contributed by atoms with Gasteiger partial charge in [0.1, 0.15) is 13.1 Å². The Hall–Kier alpha value is -1.83. The first kappa shape index (κ1) is 16.2. The zero-order chi connectivity index (χ0) is 14.1. The molecule has 0 saturated carbocycles. The summed E-state index contributed by atoms with van der Waals surface area (Å²) in [5.74, 6) is -1.99. The van der Waals surface area contributed by atoms with Gasteiger partial charge in [0, 0.05) is 6.54 Å². The summed E-state index contributed by atoms with van der Waals surface area (Å²) in [4.78, 5) is 33.6. The Morgan fingerprint density at radius 3 is 2.39 bits per heavy atom. The normalized spacial score (nSPS) is 10.2. The van der Waals surface area contributed by atoms with Crippen molar-refractivity contribution in [1.82, 2.24) is 10.2 Å². The number of nitrogens with one attached hydrogen (secondary N) is 1. The van der Waals surface area contributed by atoms with Crippen molar-refractivity contribution < 1.29 is 24.2 Å². The molecule has 0 bridgehead atoms. The summed E-state index contributed by atoms with van der Waals surface area (Å²) in [7, 11) is 0. The third-order valence-corrected chi connectivity index (χ3v) is 1.79. The maximum absolute atomic E-state index is 11.5. The van der Waals surface area contributed by atoms with E-state index in [0.29, 0.717) is 6.61 Å². The largest absolute Gasteiger partial charge is 0.480 e. The van der Waals surface area contributed by atoms with Crippen molar-refractivity contribution in [2.24, 2.45) is 5.73 Å². The van der Waals surface area contributed by atoms with E-state index < -0.39 is 31.0 Å². The minimum Gasteiger partial charge on any atom is -0.480 e. The highest BCUT2D eigenvalue weighted by Crippen LogP contribution is 1.90. The molecule has 0 aliphatic heterocycles. The number of amides is 3. The lowest BCUT2D eigenvalue weighted by Gasteiger charge is -2.19. The van der Waals surface area contributed by atoms with Crippen molar-refractivity contribution in [1.29, 1.82) is 0 Å². The van der Waals surface area contributed by atoms with Gasteiger partial charge in [-0.05, 0) is 13.8 Å². The van der Waals surface area contributed by atoms with Crippen LogP contribution in [0.2, 0.25) is 0 Å². The van der Waals surface area contributed by atoms with Gasteiger partial charge in [-0.3, -0.25) is 9.59 Å². The van der Waals surface area contributed by atoms with Gasteiger partial charge in [-0.15, -0.1) is 0 Å². The molecular weight excluding hydrogens is 242 g/mol. The standard InChI is InChI=1S/C10H19N3O5/c1-7(2)18-4-3-12-10(17)13(5-8(11)14)6-9(15)16/h7H,3-6H2,1-2H3,(H2,11,14)(H,12,17)(H,15,16). The monoisotopic (exact) mass is 261 g/mol. The van der Waals surface area contributed by atoms with Crippen LogP contribution in [0.5, 0.6) is 0 Å². The molecule has 18 heavy (non-hydrogen) atoms. The minimum atomic E-state index is -1.22. The fraction of sp³-hybridized carbons (Fsp3) is 0.700. The van der Waals surface area contributed by atoms with Crippen LogP contribution in [0.4, 0.5) is 4.79 Å². The molecule has 8 nitrogen and oxygen atoms in total. The van der Waals surface area contributed by atoms with Crippen LogP contribution >= 0.6 is 0 Å². The number of primary amides is 1. The van der Waals surface area contributed by atoms with Gasteiger partial charge in [0.15, 0.2) is 0 Å². The van der Waals surface area contributed by atoms with Crippen LogP contribution in [-0.2, 0) is 14.3 Å². The summed E-state index contributed by atoms with van der Waals surface area (Å²) in [6.07, 6.45) is 0.0441. The summed E-state index contributed by atoms with van der Waals surface area (Å²) in [6.45, 7) is 3.22. The SMILES string of the molecule is CC(C)OCCNC(=O)N(CC(N)=O)CC(=O)O. The fourth-order valence-corrected chi connectivity index (χ4v) is 1.12. The predicted octanol–water partition coefficient (Wildman–Crippen LogP) is -1.01. The molecule has 8 heteroatoms. The van der Waals surface area contributed by atoms with E-state index in [4.69, 9.17) is 15.6 Å². The van der Waals surface area contributed by atoms with Crippen LogP contribution in [0.3, 0.4) is 0 Å². The summed E-state index contributed by atoms with van der Waals surface area (Å²) >= 11 is 0. The number of rotatable bonds is 8. The van der Waals surface area contributed by atoms with Gasteiger partial charge in [-0.25, -0.2) is 4.79 Å². The van der Waals surface area contributed by atoms with Gasteiger partial charge in [0.25, 0.3) is 0 Å². The number of ether oxygens (including phenoxy) is 1. The number of hydrogen-bond acceptors (Lipinski definition) is 4. The van der Waals surface area contributed by atoms with Crippen LogP contribution in [0.25, 0.3) is 0 Å². The molecule has 0 unspecified atom stereocenters. The molecule has 3 amide bonds. The first-order valence-electron chi connectivity index (χ1n) is 5.47. The van der Waals surface area contributed by atoms with Crippen molar-refractivity contribution in [3.63, 3.8) is 0 Å². The van der Waals surface area contributed by atoms with Crippen molar-refractivity contribution >= 4 is 17.9 Å². The van der Waals surface area contributed by atoms with Gasteiger partial charge >= 0.3 is 12.0 Å². The Kier molecular flexibility index (Phi) is 7.45. The molecule has 0 rings (SSSR count). The summed E-state index contributed by atoms with van der Waals surface area (Å²) in [6, 6.07) is -0.663. The van der Waals surface area contributed by atoms with Gasteiger partial charge < -0.3 is 25.8 Å².